The molecule has 0 unspecified atom stereocenters. The van der Waals surface area contributed by atoms with E-state index in [0.717, 1.165) is 34.4 Å². The van der Waals surface area contributed by atoms with Crippen LogP contribution in [0.15, 0.2) is 48.7 Å². The Balaban J connectivity index is 1.42. The van der Waals surface area contributed by atoms with Crippen molar-refractivity contribution in [3.8, 4) is 22.6 Å². The monoisotopic (exact) mass is 617 g/mol. The molecule has 232 valence electrons. The minimum Gasteiger partial charge on any atom is -0.496 e. The van der Waals surface area contributed by atoms with Crippen LogP contribution >= 0.6 is 11.3 Å². The molecule has 3 N–H and O–H groups in total. The van der Waals surface area contributed by atoms with E-state index in [1.807, 2.05) is 65.0 Å². The normalized spacial score (nSPS) is 14.1. The molecule has 2 amide bonds. The number of hydrogen-bond acceptors (Lipinski definition) is 9. The summed E-state index contributed by atoms with van der Waals surface area (Å²) in [7, 11) is 1.59. The fraction of sp³-hybridized carbons (Fsp3) is 0.394. The van der Waals surface area contributed by atoms with Gasteiger partial charge in [0.25, 0.3) is 5.91 Å². The van der Waals surface area contributed by atoms with E-state index in [0.29, 0.717) is 46.5 Å². The van der Waals surface area contributed by atoms with Crippen LogP contribution < -0.4 is 20.5 Å². The van der Waals surface area contributed by atoms with Gasteiger partial charge in [-0.15, -0.1) is 11.3 Å². The highest BCUT2D eigenvalue weighted by molar-refractivity contribution is 7.21. The van der Waals surface area contributed by atoms with Crippen molar-refractivity contribution in [1.82, 2.24) is 14.9 Å². The second-order valence-electron chi connectivity index (χ2n) is 12.1. The van der Waals surface area contributed by atoms with Crippen molar-refractivity contribution in [3.05, 3.63) is 59.1 Å². The van der Waals surface area contributed by atoms with Crippen LogP contribution in [0.2, 0.25) is 0 Å². The predicted octanol–water partition coefficient (Wildman–Crippen LogP) is 7.11. The largest absolute Gasteiger partial charge is 0.496 e. The van der Waals surface area contributed by atoms with E-state index < -0.39 is 11.5 Å². The second-order valence-corrected chi connectivity index (χ2v) is 13.1. The van der Waals surface area contributed by atoms with Gasteiger partial charge >= 0.3 is 6.09 Å². The number of hydrogen-bond donors (Lipinski definition) is 2. The van der Waals surface area contributed by atoms with Gasteiger partial charge in [-0.2, -0.15) is 0 Å². The third kappa shape index (κ3) is 6.88. The molecule has 0 radical (unpaired) electrons. The van der Waals surface area contributed by atoms with Gasteiger partial charge < -0.3 is 30.2 Å². The van der Waals surface area contributed by atoms with Gasteiger partial charge in [-0.1, -0.05) is 24.3 Å². The quantitative estimate of drug-likeness (QED) is 0.214. The van der Waals surface area contributed by atoms with Crippen molar-refractivity contribution in [2.45, 2.75) is 65.1 Å². The number of thiophene rings is 1. The Morgan fingerprint density at radius 2 is 1.82 bits per heavy atom. The molecule has 1 fully saturated rings. The standard InChI is InChI=1S/C33H39N5O5S/c1-19(2)42-25-17-21(20-13-15-38(16-14-20)32(40)43-33(3,4)5)11-12-23(25)36-31-35-18-26-28(37-31)27(29(44-26)30(34)39)22-9-7-8-10-24(22)41-6/h7-12,17-20H,13-16H2,1-6H3,(H2,34,39)(H,35,36,37). The number of nitrogens with two attached hydrogens (primary N) is 1. The summed E-state index contributed by atoms with van der Waals surface area (Å²) in [6.07, 6.45) is 3.03. The minimum absolute atomic E-state index is 0.0599. The molecule has 1 aliphatic heterocycles. The maximum Gasteiger partial charge on any atom is 0.410 e. The molecule has 3 heterocycles. The van der Waals surface area contributed by atoms with E-state index in [9.17, 15) is 9.59 Å². The van der Waals surface area contributed by atoms with E-state index in [4.69, 9.17) is 24.9 Å². The molecular formula is C33H39N5O5S. The molecule has 1 aliphatic rings. The lowest BCUT2D eigenvalue weighted by Gasteiger charge is -2.33. The summed E-state index contributed by atoms with van der Waals surface area (Å²) in [4.78, 5) is 36.5. The van der Waals surface area contributed by atoms with E-state index in [1.165, 1.54) is 11.3 Å². The second kappa shape index (κ2) is 12.7. The number of likely N-dealkylation sites (tertiary alicyclic amines) is 1. The molecule has 0 atom stereocenters. The molecule has 0 bridgehead atoms. The van der Waals surface area contributed by atoms with Crippen LogP contribution in [-0.2, 0) is 4.74 Å². The Bertz CT molecular complexity index is 1670. The molecular weight excluding hydrogens is 578 g/mol. The summed E-state index contributed by atoms with van der Waals surface area (Å²) in [5.74, 6) is 1.40. The van der Waals surface area contributed by atoms with Crippen LogP contribution in [0.5, 0.6) is 11.5 Å². The SMILES string of the molecule is COc1ccccc1-c1c(C(N)=O)sc2cnc(Nc3ccc(C4CCN(C(=O)OC(C)(C)C)CC4)cc3OC(C)C)nc12. The van der Waals surface area contributed by atoms with Crippen molar-refractivity contribution in [2.24, 2.45) is 5.73 Å². The number of amides is 2. The summed E-state index contributed by atoms with van der Waals surface area (Å²) < 4.78 is 18.1. The molecule has 0 spiro atoms. The molecule has 2 aromatic heterocycles. The summed E-state index contributed by atoms with van der Waals surface area (Å²) in [5.41, 5.74) is 9.08. The number of primary amides is 1. The first kappa shape index (κ1) is 31.1. The summed E-state index contributed by atoms with van der Waals surface area (Å²) in [6.45, 7) is 10.9. The van der Waals surface area contributed by atoms with E-state index >= 15 is 0 Å². The zero-order chi connectivity index (χ0) is 31.6. The van der Waals surface area contributed by atoms with Crippen molar-refractivity contribution < 1.29 is 23.8 Å². The number of aromatic nitrogens is 2. The fourth-order valence-corrected chi connectivity index (χ4v) is 6.30. The Morgan fingerprint density at radius 1 is 1.09 bits per heavy atom. The summed E-state index contributed by atoms with van der Waals surface area (Å²) >= 11 is 1.25. The van der Waals surface area contributed by atoms with Crippen LogP contribution in [0.1, 0.15) is 68.6 Å². The molecule has 44 heavy (non-hydrogen) atoms. The molecule has 5 rings (SSSR count). The maximum absolute atomic E-state index is 12.5. The Hall–Kier alpha value is -4.38. The first-order chi connectivity index (χ1) is 20.9. The number of piperidine rings is 1. The van der Waals surface area contributed by atoms with Gasteiger partial charge in [0, 0.05) is 24.2 Å². The van der Waals surface area contributed by atoms with Crippen LogP contribution in [0.25, 0.3) is 21.3 Å². The van der Waals surface area contributed by atoms with Gasteiger partial charge in [-0.25, -0.2) is 14.8 Å². The van der Waals surface area contributed by atoms with Crippen molar-refractivity contribution >= 4 is 45.2 Å². The number of para-hydroxylation sites is 1. The number of nitrogens with one attached hydrogen (secondary N) is 1. The first-order valence-electron chi connectivity index (χ1n) is 14.7. The van der Waals surface area contributed by atoms with Crippen molar-refractivity contribution in [2.75, 3.05) is 25.5 Å². The van der Waals surface area contributed by atoms with Crippen molar-refractivity contribution in [1.29, 1.82) is 0 Å². The molecule has 10 nitrogen and oxygen atoms in total. The van der Waals surface area contributed by atoms with E-state index in [2.05, 4.69) is 22.4 Å². The van der Waals surface area contributed by atoms with Crippen molar-refractivity contribution in [3.63, 3.8) is 0 Å². The lowest BCUT2D eigenvalue weighted by Crippen LogP contribution is -2.41. The average molecular weight is 618 g/mol. The van der Waals surface area contributed by atoms with Gasteiger partial charge in [-0.3, -0.25) is 4.79 Å². The lowest BCUT2D eigenvalue weighted by atomic mass is 9.89. The predicted molar refractivity (Wildman–Crippen MR) is 173 cm³/mol. The summed E-state index contributed by atoms with van der Waals surface area (Å²) in [6, 6.07) is 13.6. The number of carbonyl (C=O) groups excluding carboxylic acids is 2. The molecule has 4 aromatic rings. The third-order valence-electron chi connectivity index (χ3n) is 7.26. The van der Waals surface area contributed by atoms with E-state index in [1.54, 1.807) is 18.2 Å². The third-order valence-corrected chi connectivity index (χ3v) is 8.39. The van der Waals surface area contributed by atoms with Crippen LogP contribution in [-0.4, -0.2) is 58.8 Å². The number of carbonyl (C=O) groups is 2. The number of ether oxygens (including phenoxy) is 3. The lowest BCUT2D eigenvalue weighted by molar-refractivity contribution is 0.0204. The summed E-state index contributed by atoms with van der Waals surface area (Å²) in [5, 5.41) is 3.33. The highest BCUT2D eigenvalue weighted by Gasteiger charge is 2.28. The number of nitrogens with zero attached hydrogens (tertiary/aromatic N) is 3. The smallest absolute Gasteiger partial charge is 0.410 e. The molecule has 0 saturated carbocycles. The number of benzene rings is 2. The molecule has 1 saturated heterocycles. The van der Waals surface area contributed by atoms with Gasteiger partial charge in [0.1, 0.15) is 22.0 Å². The highest BCUT2D eigenvalue weighted by atomic mass is 32.1. The Kier molecular flexibility index (Phi) is 8.96. The zero-order valence-corrected chi connectivity index (χ0v) is 26.8. The Labute approximate surface area is 261 Å². The number of fused-ring (bicyclic) bond motifs is 1. The number of rotatable bonds is 8. The maximum atomic E-state index is 12.5. The average Bonchev–Trinajstić information content (AvgIpc) is 3.36. The van der Waals surface area contributed by atoms with Crippen LogP contribution in [0.3, 0.4) is 0 Å². The van der Waals surface area contributed by atoms with Gasteiger partial charge in [0.15, 0.2) is 0 Å². The van der Waals surface area contributed by atoms with Crippen LogP contribution in [0, 0.1) is 0 Å². The molecule has 11 heteroatoms. The first-order valence-corrected chi connectivity index (χ1v) is 15.5. The highest BCUT2D eigenvalue weighted by Crippen LogP contribution is 2.42. The minimum atomic E-state index is -0.538. The molecule has 2 aromatic carbocycles. The topological polar surface area (TPSA) is 129 Å². The van der Waals surface area contributed by atoms with Gasteiger partial charge in [0.05, 0.1) is 35.3 Å². The van der Waals surface area contributed by atoms with Crippen LogP contribution in [0.4, 0.5) is 16.4 Å². The van der Waals surface area contributed by atoms with E-state index in [-0.39, 0.29) is 18.1 Å². The van der Waals surface area contributed by atoms with Gasteiger partial charge in [0.2, 0.25) is 5.95 Å². The number of methoxy groups -OCH3 is 1. The molecule has 0 aliphatic carbocycles. The fourth-order valence-electron chi connectivity index (χ4n) is 5.32. The van der Waals surface area contributed by atoms with Gasteiger partial charge in [-0.05, 0) is 77.1 Å². The zero-order valence-electron chi connectivity index (χ0n) is 26.0. The number of anilines is 2. The Morgan fingerprint density at radius 3 is 2.48 bits per heavy atom.